The quantitative estimate of drug-likeness (QED) is 0.659. The van der Waals surface area contributed by atoms with Gasteiger partial charge in [-0.15, -0.1) is 0 Å². The topological polar surface area (TPSA) is 0 Å². The van der Waals surface area contributed by atoms with Crippen LogP contribution in [0.4, 0.5) is 0 Å². The normalized spacial score (nSPS) is 10.2. The highest BCUT2D eigenvalue weighted by Crippen LogP contribution is 2.27. The summed E-state index contributed by atoms with van der Waals surface area (Å²) in [5.74, 6) is 0. The first-order valence-corrected chi connectivity index (χ1v) is 7.06. The van der Waals surface area contributed by atoms with Crippen molar-refractivity contribution in [2.75, 3.05) is 0 Å². The van der Waals surface area contributed by atoms with Gasteiger partial charge in [0.15, 0.2) is 0 Å². The summed E-state index contributed by atoms with van der Waals surface area (Å²) in [5.41, 5.74) is 8.00. The van der Waals surface area contributed by atoms with E-state index in [-0.39, 0.29) is 0 Å². The molecule has 0 fully saturated rings. The Hall–Kier alpha value is -2.08. The van der Waals surface area contributed by atoms with Crippen LogP contribution >= 0.6 is 0 Å². The monoisotopic (exact) mass is 262 g/mol. The second-order valence-corrected chi connectivity index (χ2v) is 5.36. The van der Waals surface area contributed by atoms with Crippen LogP contribution in [0, 0.1) is 0 Å². The Morgan fingerprint density at radius 1 is 0.950 bits per heavy atom. The summed E-state index contributed by atoms with van der Waals surface area (Å²) in [5, 5.41) is 0. The Morgan fingerprint density at radius 3 is 2.25 bits per heavy atom. The molecule has 0 aliphatic heterocycles. The molecule has 20 heavy (non-hydrogen) atoms. The fourth-order valence-corrected chi connectivity index (χ4v) is 2.41. The standard InChI is InChI=1S/C20H22/c1-5-18-12-9-13-19(16(4)15(2)3)20(18)14-17-10-7-6-8-11-17/h5-13H,1,14H2,2-4H3. The van der Waals surface area contributed by atoms with Gasteiger partial charge in [-0.25, -0.2) is 0 Å². The molecule has 0 bridgehead atoms. The van der Waals surface area contributed by atoms with E-state index in [1.54, 1.807) is 0 Å². The lowest BCUT2D eigenvalue weighted by Gasteiger charge is -2.15. The molecule has 2 aromatic carbocycles. The Bertz CT molecular complexity index is 626. The maximum Gasteiger partial charge on any atom is -0.00138 e. The van der Waals surface area contributed by atoms with Gasteiger partial charge in [0.25, 0.3) is 0 Å². The highest BCUT2D eigenvalue weighted by Gasteiger charge is 2.09. The Kier molecular flexibility index (Phi) is 4.57. The van der Waals surface area contributed by atoms with E-state index in [0.717, 1.165) is 6.42 Å². The Labute approximate surface area is 122 Å². The smallest absolute Gasteiger partial charge is 0.00138 e. The largest absolute Gasteiger partial charge is 0.0985 e. The molecule has 0 N–H and O–H groups in total. The molecule has 0 aliphatic carbocycles. The van der Waals surface area contributed by atoms with Crippen LogP contribution in [-0.2, 0) is 6.42 Å². The van der Waals surface area contributed by atoms with Crippen LogP contribution < -0.4 is 0 Å². The minimum atomic E-state index is 0.947. The fraction of sp³-hybridized carbons (Fsp3) is 0.200. The van der Waals surface area contributed by atoms with E-state index in [1.165, 1.54) is 33.4 Å². The molecule has 0 unspecified atom stereocenters. The summed E-state index contributed by atoms with van der Waals surface area (Å²) < 4.78 is 0. The summed E-state index contributed by atoms with van der Waals surface area (Å²) in [6, 6.07) is 17.1. The first kappa shape index (κ1) is 14.3. The molecule has 0 saturated heterocycles. The molecule has 0 atom stereocenters. The van der Waals surface area contributed by atoms with Crippen molar-refractivity contribution in [3.8, 4) is 0 Å². The predicted octanol–water partition coefficient (Wildman–Crippen LogP) is 5.73. The molecule has 0 aromatic heterocycles. The molecule has 2 aromatic rings. The van der Waals surface area contributed by atoms with E-state index in [2.05, 4.69) is 75.9 Å². The summed E-state index contributed by atoms with van der Waals surface area (Å²) in [7, 11) is 0. The summed E-state index contributed by atoms with van der Waals surface area (Å²) in [6.45, 7) is 10.5. The van der Waals surface area contributed by atoms with Crippen molar-refractivity contribution in [2.45, 2.75) is 27.2 Å². The third-order valence-electron chi connectivity index (χ3n) is 3.81. The molecule has 0 heterocycles. The van der Waals surface area contributed by atoms with E-state index in [4.69, 9.17) is 0 Å². The minimum Gasteiger partial charge on any atom is -0.0985 e. The lowest BCUT2D eigenvalue weighted by Crippen LogP contribution is -1.98. The first-order chi connectivity index (χ1) is 9.63. The van der Waals surface area contributed by atoms with Gasteiger partial charge in [0.1, 0.15) is 0 Å². The van der Waals surface area contributed by atoms with Crippen molar-refractivity contribution < 1.29 is 0 Å². The van der Waals surface area contributed by atoms with Crippen LogP contribution in [0.1, 0.15) is 43.0 Å². The molecule has 0 saturated carbocycles. The van der Waals surface area contributed by atoms with Gasteiger partial charge < -0.3 is 0 Å². The van der Waals surface area contributed by atoms with Crippen molar-refractivity contribution in [1.29, 1.82) is 0 Å². The molecule has 0 spiro atoms. The van der Waals surface area contributed by atoms with Gasteiger partial charge in [0.05, 0.1) is 0 Å². The number of hydrogen-bond acceptors (Lipinski definition) is 0. The average Bonchev–Trinajstić information content (AvgIpc) is 2.47. The van der Waals surface area contributed by atoms with Crippen LogP contribution in [-0.4, -0.2) is 0 Å². The fourth-order valence-electron chi connectivity index (χ4n) is 2.41. The van der Waals surface area contributed by atoms with Gasteiger partial charge in [0, 0.05) is 0 Å². The minimum absolute atomic E-state index is 0.947. The van der Waals surface area contributed by atoms with E-state index in [1.807, 2.05) is 6.08 Å². The van der Waals surface area contributed by atoms with E-state index < -0.39 is 0 Å². The van der Waals surface area contributed by atoms with Gasteiger partial charge in [-0.1, -0.05) is 66.8 Å². The summed E-state index contributed by atoms with van der Waals surface area (Å²) >= 11 is 0. The van der Waals surface area contributed by atoms with Crippen LogP contribution in [0.15, 0.2) is 60.7 Å². The van der Waals surface area contributed by atoms with Gasteiger partial charge in [0.2, 0.25) is 0 Å². The number of rotatable bonds is 4. The van der Waals surface area contributed by atoms with Crippen molar-refractivity contribution in [2.24, 2.45) is 0 Å². The number of allylic oxidation sites excluding steroid dienone is 2. The SMILES string of the molecule is C=Cc1cccc(C(C)=C(C)C)c1Cc1ccccc1. The number of benzene rings is 2. The van der Waals surface area contributed by atoms with E-state index in [9.17, 15) is 0 Å². The molecule has 0 nitrogen and oxygen atoms in total. The highest BCUT2D eigenvalue weighted by molar-refractivity contribution is 5.73. The first-order valence-electron chi connectivity index (χ1n) is 7.06. The van der Waals surface area contributed by atoms with Gasteiger partial charge in [-0.05, 0) is 55.0 Å². The third kappa shape index (κ3) is 3.08. The molecular weight excluding hydrogens is 240 g/mol. The van der Waals surface area contributed by atoms with Crippen LogP contribution in [0.3, 0.4) is 0 Å². The molecule has 2 rings (SSSR count). The molecule has 0 amide bonds. The number of hydrogen-bond donors (Lipinski definition) is 0. The van der Waals surface area contributed by atoms with Crippen LogP contribution in [0.25, 0.3) is 11.6 Å². The van der Waals surface area contributed by atoms with Crippen molar-refractivity contribution in [3.63, 3.8) is 0 Å². The van der Waals surface area contributed by atoms with Crippen LogP contribution in [0.2, 0.25) is 0 Å². The van der Waals surface area contributed by atoms with Crippen molar-refractivity contribution in [3.05, 3.63) is 82.9 Å². The lowest BCUT2D eigenvalue weighted by atomic mass is 9.90. The zero-order valence-corrected chi connectivity index (χ0v) is 12.6. The summed E-state index contributed by atoms with van der Waals surface area (Å²) in [6.07, 6.45) is 2.91. The van der Waals surface area contributed by atoms with Gasteiger partial charge in [-0.2, -0.15) is 0 Å². The zero-order valence-electron chi connectivity index (χ0n) is 12.6. The molecule has 0 aliphatic rings. The maximum atomic E-state index is 3.96. The van der Waals surface area contributed by atoms with Crippen molar-refractivity contribution >= 4 is 11.6 Å². The lowest BCUT2D eigenvalue weighted by molar-refractivity contribution is 1.16. The highest BCUT2D eigenvalue weighted by atomic mass is 14.1. The molecule has 102 valence electrons. The van der Waals surface area contributed by atoms with Gasteiger partial charge >= 0.3 is 0 Å². The van der Waals surface area contributed by atoms with Crippen LogP contribution in [0.5, 0.6) is 0 Å². The Balaban J connectivity index is 2.54. The maximum absolute atomic E-state index is 3.96. The van der Waals surface area contributed by atoms with Gasteiger partial charge in [-0.3, -0.25) is 0 Å². The van der Waals surface area contributed by atoms with E-state index in [0.29, 0.717) is 0 Å². The van der Waals surface area contributed by atoms with Crippen molar-refractivity contribution in [1.82, 2.24) is 0 Å². The zero-order chi connectivity index (χ0) is 14.5. The van der Waals surface area contributed by atoms with E-state index >= 15 is 0 Å². The predicted molar refractivity (Wildman–Crippen MR) is 89.7 cm³/mol. The average molecular weight is 262 g/mol. The third-order valence-corrected chi connectivity index (χ3v) is 3.81. The second-order valence-electron chi connectivity index (χ2n) is 5.36. The molecule has 0 radical (unpaired) electrons. The summed E-state index contributed by atoms with van der Waals surface area (Å²) in [4.78, 5) is 0. The Morgan fingerprint density at radius 2 is 1.65 bits per heavy atom. The molecular formula is C20H22. The molecule has 0 heteroatoms. The second kappa shape index (κ2) is 6.38.